The van der Waals surface area contributed by atoms with Crippen LogP contribution in [0.25, 0.3) is 0 Å². The number of carboxylic acids is 1. The van der Waals surface area contributed by atoms with Crippen LogP contribution in [0.5, 0.6) is 0 Å². The van der Waals surface area contributed by atoms with Crippen molar-refractivity contribution >= 4 is 5.97 Å². The fourth-order valence-corrected chi connectivity index (χ4v) is 4.89. The molecule has 1 aliphatic rings. The molecular formula is C26H39N5O2. The van der Waals surface area contributed by atoms with Crippen molar-refractivity contribution in [1.82, 2.24) is 14.6 Å². The summed E-state index contributed by atoms with van der Waals surface area (Å²) in [7, 11) is 1.71. The Kier molecular flexibility index (Phi) is 8.95. The second-order valence-corrected chi connectivity index (χ2v) is 9.57. The number of nitrogens with zero attached hydrogens (tertiary/aromatic N) is 3. The third-order valence-electron chi connectivity index (χ3n) is 6.75. The van der Waals surface area contributed by atoms with E-state index in [1.165, 1.54) is 48.2 Å². The topological polar surface area (TPSA) is 110 Å². The van der Waals surface area contributed by atoms with Crippen LogP contribution < -0.4 is 11.6 Å². The number of carboxylic acid groups (broad SMARTS) is 1. The molecule has 33 heavy (non-hydrogen) atoms. The highest BCUT2D eigenvalue weighted by atomic mass is 16.4. The molecule has 1 fully saturated rings. The second-order valence-electron chi connectivity index (χ2n) is 9.57. The molecule has 0 aliphatic heterocycles. The molecule has 2 aromatic rings. The molecule has 0 radical (unpaired) electrons. The molecule has 1 atom stereocenters. The molecular weight excluding hydrogens is 414 g/mol. The van der Waals surface area contributed by atoms with Gasteiger partial charge in [-0.15, -0.1) is 0 Å². The van der Waals surface area contributed by atoms with Crippen LogP contribution in [0.1, 0.15) is 79.8 Å². The van der Waals surface area contributed by atoms with Crippen LogP contribution in [-0.2, 0) is 17.8 Å². The first-order valence-electron chi connectivity index (χ1n) is 12.1. The van der Waals surface area contributed by atoms with E-state index in [2.05, 4.69) is 40.9 Å². The summed E-state index contributed by atoms with van der Waals surface area (Å²) in [5, 5.41) is 10.9. The predicted molar refractivity (Wildman–Crippen MR) is 131 cm³/mol. The van der Waals surface area contributed by atoms with E-state index in [1.54, 1.807) is 13.2 Å². The molecule has 180 valence electrons. The summed E-state index contributed by atoms with van der Waals surface area (Å²) in [4.78, 5) is 16.2. The summed E-state index contributed by atoms with van der Waals surface area (Å²) < 4.78 is 2.25. The van der Waals surface area contributed by atoms with E-state index in [4.69, 9.17) is 11.6 Å². The van der Waals surface area contributed by atoms with Crippen LogP contribution in [0.2, 0.25) is 0 Å². The Morgan fingerprint density at radius 1 is 1.33 bits per heavy atom. The Bertz CT molecular complexity index is 944. The summed E-state index contributed by atoms with van der Waals surface area (Å²) in [6, 6.07) is 6.32. The Morgan fingerprint density at radius 3 is 2.79 bits per heavy atom. The quantitative estimate of drug-likeness (QED) is 0.345. The van der Waals surface area contributed by atoms with Crippen molar-refractivity contribution in [1.29, 1.82) is 0 Å². The van der Waals surface area contributed by atoms with Gasteiger partial charge in [-0.2, -0.15) is 0 Å². The second kappa shape index (κ2) is 11.9. The van der Waals surface area contributed by atoms with E-state index >= 15 is 0 Å². The molecule has 0 saturated heterocycles. The molecule has 1 unspecified atom stereocenters. The summed E-state index contributed by atoms with van der Waals surface area (Å²) in [6.45, 7) is 2.86. The van der Waals surface area contributed by atoms with E-state index in [0.29, 0.717) is 18.5 Å². The van der Waals surface area contributed by atoms with E-state index in [0.717, 1.165) is 30.3 Å². The first kappa shape index (κ1) is 24.8. The Labute approximate surface area is 197 Å². The number of hydrazine groups is 1. The molecule has 3 rings (SSSR count). The largest absolute Gasteiger partial charge is 0.481 e. The van der Waals surface area contributed by atoms with Crippen molar-refractivity contribution in [2.75, 3.05) is 7.05 Å². The number of hydrogen-bond acceptors (Lipinski definition) is 5. The van der Waals surface area contributed by atoms with Gasteiger partial charge in [0, 0.05) is 44.3 Å². The minimum atomic E-state index is -0.801. The van der Waals surface area contributed by atoms with Crippen molar-refractivity contribution in [3.63, 3.8) is 0 Å². The van der Waals surface area contributed by atoms with Gasteiger partial charge in [0.2, 0.25) is 0 Å². The molecule has 1 heterocycles. The zero-order chi connectivity index (χ0) is 23.8. The monoisotopic (exact) mass is 453 g/mol. The maximum absolute atomic E-state index is 11.6. The highest BCUT2D eigenvalue weighted by Crippen LogP contribution is 2.29. The zero-order valence-electron chi connectivity index (χ0n) is 20.0. The van der Waals surface area contributed by atoms with Gasteiger partial charge in [-0.1, -0.05) is 50.3 Å². The first-order chi connectivity index (χ1) is 15.8. The van der Waals surface area contributed by atoms with Gasteiger partial charge in [0.15, 0.2) is 0 Å². The smallest absolute Gasteiger partial charge is 0.303 e. The van der Waals surface area contributed by atoms with Crippen LogP contribution in [0.4, 0.5) is 0 Å². The lowest BCUT2D eigenvalue weighted by molar-refractivity contribution is -0.137. The van der Waals surface area contributed by atoms with Gasteiger partial charge in [0.25, 0.3) is 0 Å². The number of aliphatic carboxylic acids is 1. The lowest BCUT2D eigenvalue weighted by Crippen LogP contribution is -2.21. The van der Waals surface area contributed by atoms with Crippen LogP contribution in [-0.4, -0.2) is 32.7 Å². The Hall–Kier alpha value is -2.80. The van der Waals surface area contributed by atoms with Gasteiger partial charge in [-0.25, -0.2) is 10.8 Å². The fourth-order valence-electron chi connectivity index (χ4n) is 4.89. The van der Waals surface area contributed by atoms with Gasteiger partial charge in [0.1, 0.15) is 5.82 Å². The molecule has 1 aromatic carbocycles. The van der Waals surface area contributed by atoms with Crippen molar-refractivity contribution in [3.05, 3.63) is 65.0 Å². The van der Waals surface area contributed by atoms with Crippen LogP contribution in [0, 0.1) is 12.8 Å². The molecule has 1 saturated carbocycles. The van der Waals surface area contributed by atoms with E-state index < -0.39 is 5.97 Å². The van der Waals surface area contributed by atoms with Crippen molar-refractivity contribution in [2.24, 2.45) is 17.5 Å². The zero-order valence-corrected chi connectivity index (χ0v) is 20.0. The summed E-state index contributed by atoms with van der Waals surface area (Å²) in [5.41, 5.74) is 10.1. The summed E-state index contributed by atoms with van der Waals surface area (Å²) in [5.74, 6) is 6.61. The number of imidazole rings is 1. The normalized spacial score (nSPS) is 16.0. The van der Waals surface area contributed by atoms with Crippen molar-refractivity contribution in [2.45, 2.75) is 77.2 Å². The lowest BCUT2D eigenvalue weighted by atomic mass is 9.87. The number of aromatic nitrogens is 2. The third kappa shape index (κ3) is 7.63. The average Bonchev–Trinajstić information content (AvgIpc) is 3.19. The molecule has 5 N–H and O–H groups in total. The van der Waals surface area contributed by atoms with Crippen molar-refractivity contribution in [3.8, 4) is 0 Å². The van der Waals surface area contributed by atoms with E-state index in [9.17, 15) is 9.90 Å². The molecule has 0 amide bonds. The number of aryl methyl sites for hydroxylation is 1. The highest BCUT2D eigenvalue weighted by molar-refractivity contribution is 5.68. The third-order valence-corrected chi connectivity index (χ3v) is 6.75. The maximum atomic E-state index is 11.6. The highest BCUT2D eigenvalue weighted by Gasteiger charge is 2.19. The predicted octanol–water partition coefficient (Wildman–Crippen LogP) is 4.31. The minimum Gasteiger partial charge on any atom is -0.481 e. The van der Waals surface area contributed by atoms with E-state index in [-0.39, 0.29) is 12.3 Å². The summed E-state index contributed by atoms with van der Waals surface area (Å²) in [6.07, 6.45) is 14.6. The number of nitrogens with two attached hydrogens (primary N) is 2. The van der Waals surface area contributed by atoms with Gasteiger partial charge < -0.3 is 20.4 Å². The van der Waals surface area contributed by atoms with Gasteiger partial charge >= 0.3 is 5.97 Å². The van der Waals surface area contributed by atoms with Crippen LogP contribution in [0.15, 0.2) is 42.5 Å². The van der Waals surface area contributed by atoms with Crippen LogP contribution in [0.3, 0.4) is 0 Å². The van der Waals surface area contributed by atoms with Gasteiger partial charge in [0.05, 0.1) is 6.42 Å². The SMILES string of the molecule is Cc1ccc(C(CC/C(N)=C/N(C)N)CC(=O)O)cc1Cn1ccnc1CC1CCCCC1. The number of benzene rings is 1. The molecule has 7 nitrogen and oxygen atoms in total. The number of hydrogen-bond donors (Lipinski definition) is 3. The van der Waals surface area contributed by atoms with Gasteiger partial charge in [-0.05, 0) is 48.3 Å². The average molecular weight is 454 g/mol. The number of rotatable bonds is 11. The van der Waals surface area contributed by atoms with E-state index in [1.807, 2.05) is 6.20 Å². The Balaban J connectivity index is 1.76. The molecule has 0 bridgehead atoms. The minimum absolute atomic E-state index is 0.0756. The fraction of sp³-hybridized carbons (Fsp3) is 0.538. The molecule has 1 aromatic heterocycles. The first-order valence-corrected chi connectivity index (χ1v) is 12.1. The molecule has 7 heteroatoms. The maximum Gasteiger partial charge on any atom is 0.303 e. The summed E-state index contributed by atoms with van der Waals surface area (Å²) >= 11 is 0. The Morgan fingerprint density at radius 2 is 2.09 bits per heavy atom. The van der Waals surface area contributed by atoms with Crippen molar-refractivity contribution < 1.29 is 9.90 Å². The number of allylic oxidation sites excluding steroid dienone is 1. The lowest BCUT2D eigenvalue weighted by Gasteiger charge is -2.22. The molecule has 1 aliphatic carbocycles. The standard InChI is InChI=1S/C26H39N5O2/c1-19-8-9-21(22(16-26(32)33)10-11-24(27)18-30(2)28)15-23(19)17-31-13-12-29-25(31)14-20-6-4-3-5-7-20/h8-9,12-13,15,18,20,22H,3-7,10-11,14,16-17,27-28H2,1-2H3,(H,32,33)/b24-18-. The molecule has 0 spiro atoms. The number of carbonyl (C=O) groups is 1. The van der Waals surface area contributed by atoms with Crippen LogP contribution >= 0.6 is 0 Å². The van der Waals surface area contributed by atoms with Gasteiger partial charge in [-0.3, -0.25) is 4.79 Å².